The second-order valence-corrected chi connectivity index (χ2v) is 10.3. The first-order valence-electron chi connectivity index (χ1n) is 10.9. The maximum Gasteiger partial charge on any atom is 0.323 e. The van der Waals surface area contributed by atoms with Crippen molar-refractivity contribution in [2.24, 2.45) is 17.4 Å². The van der Waals surface area contributed by atoms with E-state index in [1.54, 1.807) is 0 Å². The van der Waals surface area contributed by atoms with Crippen LogP contribution in [-0.4, -0.2) is 29.6 Å². The van der Waals surface area contributed by atoms with Gasteiger partial charge in [0.1, 0.15) is 16.6 Å². The first kappa shape index (κ1) is 26.9. The molecule has 0 bridgehead atoms. The molecule has 0 aliphatic heterocycles. The minimum Gasteiger partial charge on any atom is -0.459 e. The van der Waals surface area contributed by atoms with E-state index in [4.69, 9.17) is 16.2 Å². The molecule has 6 N–H and O–H groups in total. The van der Waals surface area contributed by atoms with Crippen LogP contribution in [-0.2, 0) is 16.1 Å². The Labute approximate surface area is 204 Å². The summed E-state index contributed by atoms with van der Waals surface area (Å²) in [7, 11) is 0. The number of hydrogen-bond acceptors (Lipinski definition) is 6. The molecule has 1 heterocycles. The molecule has 9 heteroatoms. The fourth-order valence-corrected chi connectivity index (χ4v) is 3.95. The Kier molecular flexibility index (Phi) is 9.24. The van der Waals surface area contributed by atoms with Crippen LogP contribution >= 0.6 is 11.3 Å². The zero-order valence-electron chi connectivity index (χ0n) is 20.2. The lowest BCUT2D eigenvalue weighted by molar-refractivity contribution is -0.158. The number of primary amides is 2. The van der Waals surface area contributed by atoms with Gasteiger partial charge in [-0.3, -0.25) is 14.9 Å². The van der Waals surface area contributed by atoms with Crippen LogP contribution in [0.1, 0.15) is 67.4 Å². The van der Waals surface area contributed by atoms with Gasteiger partial charge in [-0.25, -0.2) is 4.79 Å². The molecule has 34 heavy (non-hydrogen) atoms. The highest BCUT2D eigenvalue weighted by atomic mass is 32.1. The second-order valence-electron chi connectivity index (χ2n) is 9.25. The van der Waals surface area contributed by atoms with E-state index in [0.29, 0.717) is 23.8 Å². The van der Waals surface area contributed by atoms with Gasteiger partial charge in [-0.05, 0) is 56.9 Å². The second kappa shape index (κ2) is 11.7. The molecule has 3 amide bonds. The van der Waals surface area contributed by atoms with E-state index >= 15 is 0 Å². The normalized spacial score (nSPS) is 11.9. The number of carbonyl (C=O) groups excluding carboxylic acids is 3. The Balaban J connectivity index is 2.07. The van der Waals surface area contributed by atoms with Gasteiger partial charge in [0.15, 0.2) is 0 Å². The van der Waals surface area contributed by atoms with E-state index in [1.807, 2.05) is 45.0 Å². The van der Waals surface area contributed by atoms with E-state index in [9.17, 15) is 14.4 Å². The molecule has 1 aromatic carbocycles. The van der Waals surface area contributed by atoms with Gasteiger partial charge >= 0.3 is 12.0 Å². The molecule has 182 valence electrons. The summed E-state index contributed by atoms with van der Waals surface area (Å²) in [5.74, 6) is 5.41. The summed E-state index contributed by atoms with van der Waals surface area (Å²) in [6.45, 7) is 10.2. The average Bonchev–Trinajstić information content (AvgIpc) is 3.11. The number of ether oxygens (including phenoxy) is 1. The van der Waals surface area contributed by atoms with Crippen molar-refractivity contribution in [2.45, 2.75) is 59.2 Å². The van der Waals surface area contributed by atoms with Gasteiger partial charge in [0.25, 0.3) is 5.91 Å². The van der Waals surface area contributed by atoms with Crippen molar-refractivity contribution >= 4 is 34.2 Å². The molecular weight excluding hydrogens is 452 g/mol. The van der Waals surface area contributed by atoms with Crippen molar-refractivity contribution in [3.05, 3.63) is 51.9 Å². The van der Waals surface area contributed by atoms with Crippen LogP contribution in [0, 0.1) is 17.8 Å². The summed E-state index contributed by atoms with van der Waals surface area (Å²) in [4.78, 5) is 35.8. The van der Waals surface area contributed by atoms with Gasteiger partial charge in [-0.15, -0.1) is 11.3 Å². The summed E-state index contributed by atoms with van der Waals surface area (Å²) >= 11 is 1.12. The highest BCUT2D eigenvalue weighted by Crippen LogP contribution is 2.27. The number of rotatable bonds is 8. The number of benzene rings is 1. The molecule has 1 unspecified atom stereocenters. The average molecular weight is 485 g/mol. The molecule has 0 aliphatic carbocycles. The molecule has 2 rings (SSSR count). The van der Waals surface area contributed by atoms with Crippen molar-refractivity contribution < 1.29 is 19.1 Å². The van der Waals surface area contributed by atoms with Gasteiger partial charge in [0.2, 0.25) is 0 Å². The Hall–Kier alpha value is -3.35. The standard InChI is InChI=1S/C25H32N4O4S/c1-15(2)12-20(23(31)33-25(3,4)5)28-14-17-8-6-16(7-9-17)10-11-18-13-19(21(26)30)22(34-18)29-24(27)32/h6-9,13,15,20,28H,12,14H2,1-5H3,(H2,26,30)(H3,27,29,32). The lowest BCUT2D eigenvalue weighted by atomic mass is 10.0. The number of amides is 3. The molecule has 1 aromatic heterocycles. The number of thiophene rings is 1. The van der Waals surface area contributed by atoms with E-state index < -0.39 is 17.5 Å². The minimum atomic E-state index is -0.782. The third-order valence-electron chi connectivity index (χ3n) is 4.47. The minimum absolute atomic E-state index is 0.162. The van der Waals surface area contributed by atoms with E-state index in [0.717, 1.165) is 22.5 Å². The predicted octanol–water partition coefficient (Wildman–Crippen LogP) is 3.58. The number of carbonyl (C=O) groups is 3. The fraction of sp³-hybridized carbons (Fsp3) is 0.400. The van der Waals surface area contributed by atoms with Crippen LogP contribution in [0.25, 0.3) is 0 Å². The van der Waals surface area contributed by atoms with Crippen molar-refractivity contribution in [2.75, 3.05) is 5.32 Å². The summed E-state index contributed by atoms with van der Waals surface area (Å²) < 4.78 is 5.55. The highest BCUT2D eigenvalue weighted by molar-refractivity contribution is 7.17. The monoisotopic (exact) mass is 484 g/mol. The van der Waals surface area contributed by atoms with Crippen LogP contribution < -0.4 is 22.1 Å². The molecule has 0 spiro atoms. The molecule has 1 atom stereocenters. The van der Waals surface area contributed by atoms with Crippen LogP contribution in [0.5, 0.6) is 0 Å². The number of hydrogen-bond donors (Lipinski definition) is 4. The maximum absolute atomic E-state index is 12.6. The van der Waals surface area contributed by atoms with Gasteiger partial charge in [-0.2, -0.15) is 0 Å². The predicted molar refractivity (Wildman–Crippen MR) is 134 cm³/mol. The van der Waals surface area contributed by atoms with Gasteiger partial charge in [0.05, 0.1) is 10.4 Å². The number of esters is 1. The number of nitrogens with two attached hydrogens (primary N) is 2. The quantitative estimate of drug-likeness (QED) is 0.335. The lowest BCUT2D eigenvalue weighted by Gasteiger charge is -2.25. The van der Waals surface area contributed by atoms with Crippen LogP contribution in [0.2, 0.25) is 0 Å². The Morgan fingerprint density at radius 3 is 2.26 bits per heavy atom. The molecular formula is C25H32N4O4S. The molecule has 0 saturated heterocycles. The molecule has 0 aliphatic rings. The van der Waals surface area contributed by atoms with Crippen molar-refractivity contribution in [1.82, 2.24) is 5.32 Å². The number of anilines is 1. The highest BCUT2D eigenvalue weighted by Gasteiger charge is 2.25. The van der Waals surface area contributed by atoms with Crippen LogP contribution in [0.15, 0.2) is 30.3 Å². The Morgan fingerprint density at radius 2 is 1.74 bits per heavy atom. The van der Waals surface area contributed by atoms with Crippen LogP contribution in [0.3, 0.4) is 0 Å². The SMILES string of the molecule is CC(C)CC(NCc1ccc(C#Cc2cc(C(N)=O)c(NC(N)=O)s2)cc1)C(=O)OC(C)(C)C. The zero-order chi connectivity index (χ0) is 25.5. The summed E-state index contributed by atoms with van der Waals surface area (Å²) in [5, 5.41) is 5.96. The first-order valence-corrected chi connectivity index (χ1v) is 11.7. The zero-order valence-corrected chi connectivity index (χ0v) is 21.0. The largest absolute Gasteiger partial charge is 0.459 e. The fourth-order valence-electron chi connectivity index (χ4n) is 3.03. The Morgan fingerprint density at radius 1 is 1.09 bits per heavy atom. The van der Waals surface area contributed by atoms with E-state index in [-0.39, 0.29) is 22.6 Å². The third kappa shape index (κ3) is 8.89. The lowest BCUT2D eigenvalue weighted by Crippen LogP contribution is -2.41. The summed E-state index contributed by atoms with van der Waals surface area (Å²) in [6, 6.07) is 7.97. The number of nitrogens with one attached hydrogen (secondary N) is 2. The van der Waals surface area contributed by atoms with Crippen LogP contribution in [0.4, 0.5) is 9.80 Å². The van der Waals surface area contributed by atoms with E-state index in [1.165, 1.54) is 6.07 Å². The third-order valence-corrected chi connectivity index (χ3v) is 5.44. The van der Waals surface area contributed by atoms with Gasteiger partial charge < -0.3 is 21.5 Å². The smallest absolute Gasteiger partial charge is 0.323 e. The topological polar surface area (TPSA) is 137 Å². The molecule has 2 aromatic rings. The Bertz CT molecular complexity index is 1090. The van der Waals surface area contributed by atoms with Crippen molar-refractivity contribution in [1.29, 1.82) is 0 Å². The molecule has 0 fully saturated rings. The first-order chi connectivity index (χ1) is 15.8. The van der Waals surface area contributed by atoms with Gasteiger partial charge in [-0.1, -0.05) is 37.8 Å². The van der Waals surface area contributed by atoms with E-state index in [2.05, 4.69) is 36.3 Å². The molecule has 0 radical (unpaired) electrons. The summed E-state index contributed by atoms with van der Waals surface area (Å²) in [6.07, 6.45) is 0.680. The van der Waals surface area contributed by atoms with Crippen molar-refractivity contribution in [3.63, 3.8) is 0 Å². The van der Waals surface area contributed by atoms with Crippen molar-refractivity contribution in [3.8, 4) is 11.8 Å². The van der Waals surface area contributed by atoms with Gasteiger partial charge in [0, 0.05) is 12.1 Å². The molecule has 8 nitrogen and oxygen atoms in total. The number of urea groups is 1. The summed E-state index contributed by atoms with van der Waals surface area (Å²) in [5.41, 5.74) is 11.9. The molecule has 0 saturated carbocycles. The maximum atomic E-state index is 12.6.